The van der Waals surface area contributed by atoms with E-state index in [1.54, 1.807) is 11.8 Å². The SMILES string of the molecule is CC(C)(C)c1nc2cc(Sc3ccc(C#N)s3)ccc2n1CC1CCOCC1. The van der Waals surface area contributed by atoms with Gasteiger partial charge in [-0.25, -0.2) is 4.98 Å². The summed E-state index contributed by atoms with van der Waals surface area (Å²) in [6.07, 6.45) is 2.24. The third-order valence-corrected chi connectivity index (χ3v) is 7.19. The van der Waals surface area contributed by atoms with Crippen molar-refractivity contribution in [3.05, 3.63) is 41.0 Å². The fourth-order valence-electron chi connectivity index (χ4n) is 3.67. The Balaban J connectivity index is 1.67. The minimum atomic E-state index is -0.00700. The maximum Gasteiger partial charge on any atom is 0.115 e. The van der Waals surface area contributed by atoms with Crippen molar-refractivity contribution in [3.63, 3.8) is 0 Å². The molecule has 0 atom stereocenters. The Kier molecular flexibility index (Phi) is 5.50. The van der Waals surface area contributed by atoms with Crippen LogP contribution in [-0.4, -0.2) is 22.8 Å². The van der Waals surface area contributed by atoms with Crippen LogP contribution in [0.1, 0.15) is 44.3 Å². The van der Waals surface area contributed by atoms with Gasteiger partial charge < -0.3 is 9.30 Å². The summed E-state index contributed by atoms with van der Waals surface area (Å²) in [6, 6.07) is 12.7. The number of rotatable bonds is 4. The second-order valence-electron chi connectivity index (χ2n) is 8.33. The second kappa shape index (κ2) is 7.90. The molecule has 0 saturated carbocycles. The minimum absolute atomic E-state index is 0.00700. The molecule has 1 fully saturated rings. The maximum absolute atomic E-state index is 9.03. The van der Waals surface area contributed by atoms with Crippen molar-refractivity contribution in [2.45, 2.75) is 54.7 Å². The Bertz CT molecular complexity index is 1020. The lowest BCUT2D eigenvalue weighted by Crippen LogP contribution is -2.25. The fraction of sp³-hybridized carbons (Fsp3) is 0.455. The predicted octanol–water partition coefficient (Wildman–Crippen LogP) is 5.84. The molecular weight excluding hydrogens is 386 g/mol. The lowest BCUT2D eigenvalue weighted by molar-refractivity contribution is 0.0611. The highest BCUT2D eigenvalue weighted by molar-refractivity contribution is 8.01. The van der Waals surface area contributed by atoms with Gasteiger partial charge >= 0.3 is 0 Å². The van der Waals surface area contributed by atoms with Gasteiger partial charge in [-0.3, -0.25) is 0 Å². The molecule has 4 nitrogen and oxygen atoms in total. The summed E-state index contributed by atoms with van der Waals surface area (Å²) in [5, 5.41) is 9.03. The molecule has 3 aromatic rings. The number of fused-ring (bicyclic) bond motifs is 1. The van der Waals surface area contributed by atoms with E-state index in [1.165, 1.54) is 16.9 Å². The van der Waals surface area contributed by atoms with Crippen LogP contribution in [0, 0.1) is 17.2 Å². The average Bonchev–Trinajstić information content (AvgIpc) is 3.27. The quantitative estimate of drug-likeness (QED) is 0.541. The van der Waals surface area contributed by atoms with Crippen LogP contribution in [-0.2, 0) is 16.7 Å². The zero-order valence-electron chi connectivity index (χ0n) is 16.6. The molecule has 1 aliphatic heterocycles. The van der Waals surface area contributed by atoms with Crippen molar-refractivity contribution in [1.82, 2.24) is 9.55 Å². The maximum atomic E-state index is 9.03. The van der Waals surface area contributed by atoms with Crippen LogP contribution in [0.2, 0.25) is 0 Å². The number of benzene rings is 1. The van der Waals surface area contributed by atoms with Gasteiger partial charge in [0.15, 0.2) is 0 Å². The number of nitriles is 1. The van der Waals surface area contributed by atoms with E-state index in [1.807, 2.05) is 12.1 Å². The van der Waals surface area contributed by atoms with Gasteiger partial charge in [0.05, 0.1) is 15.2 Å². The first-order chi connectivity index (χ1) is 13.4. The molecule has 0 unspecified atom stereocenters. The molecule has 6 heteroatoms. The van der Waals surface area contributed by atoms with Gasteiger partial charge in [-0.05, 0) is 49.1 Å². The molecule has 0 spiro atoms. The van der Waals surface area contributed by atoms with Gasteiger partial charge in [-0.1, -0.05) is 32.5 Å². The molecule has 1 saturated heterocycles. The Labute approximate surface area is 174 Å². The number of aromatic nitrogens is 2. The van der Waals surface area contributed by atoms with Crippen molar-refractivity contribution in [3.8, 4) is 6.07 Å². The average molecular weight is 412 g/mol. The number of ether oxygens (including phenoxy) is 1. The molecule has 4 rings (SSSR count). The van der Waals surface area contributed by atoms with Gasteiger partial charge in [-0.2, -0.15) is 5.26 Å². The molecule has 1 aromatic carbocycles. The van der Waals surface area contributed by atoms with Crippen molar-refractivity contribution < 1.29 is 4.74 Å². The molecule has 0 bridgehead atoms. The Hall–Kier alpha value is -1.81. The molecule has 0 radical (unpaired) electrons. The Morgan fingerprint density at radius 1 is 1.25 bits per heavy atom. The first kappa shape index (κ1) is 19.5. The van der Waals surface area contributed by atoms with Crippen LogP contribution in [0.4, 0.5) is 0 Å². The van der Waals surface area contributed by atoms with Crippen molar-refractivity contribution in [2.24, 2.45) is 5.92 Å². The lowest BCUT2D eigenvalue weighted by atomic mass is 9.94. The number of thiophene rings is 1. The third kappa shape index (κ3) is 4.12. The summed E-state index contributed by atoms with van der Waals surface area (Å²) in [4.78, 5) is 6.95. The Morgan fingerprint density at radius 3 is 2.71 bits per heavy atom. The van der Waals surface area contributed by atoms with E-state index >= 15 is 0 Å². The van der Waals surface area contributed by atoms with Crippen molar-refractivity contribution >= 4 is 34.1 Å². The zero-order chi connectivity index (χ0) is 19.7. The highest BCUT2D eigenvalue weighted by Gasteiger charge is 2.25. The topological polar surface area (TPSA) is 50.8 Å². The summed E-state index contributed by atoms with van der Waals surface area (Å²) >= 11 is 3.23. The van der Waals surface area contributed by atoms with E-state index < -0.39 is 0 Å². The van der Waals surface area contributed by atoms with E-state index in [4.69, 9.17) is 15.0 Å². The fourth-order valence-corrected chi connectivity index (χ4v) is 5.60. The van der Waals surface area contributed by atoms with E-state index in [-0.39, 0.29) is 5.41 Å². The smallest absolute Gasteiger partial charge is 0.115 e. The lowest BCUT2D eigenvalue weighted by Gasteiger charge is -2.26. The summed E-state index contributed by atoms with van der Waals surface area (Å²) in [6.45, 7) is 9.45. The van der Waals surface area contributed by atoms with Crippen LogP contribution < -0.4 is 0 Å². The van der Waals surface area contributed by atoms with Crippen LogP contribution in [0.25, 0.3) is 11.0 Å². The standard InChI is InChI=1S/C22H25N3OS2/c1-22(2,3)21-24-18-12-16(27-20-7-5-17(13-23)28-20)4-6-19(18)25(21)14-15-8-10-26-11-9-15/h4-7,12,15H,8-11,14H2,1-3H3. The number of hydrogen-bond donors (Lipinski definition) is 0. The number of nitrogens with zero attached hydrogens (tertiary/aromatic N) is 3. The zero-order valence-corrected chi connectivity index (χ0v) is 18.2. The molecular formula is C22H25N3OS2. The van der Waals surface area contributed by atoms with Gasteiger partial charge in [0, 0.05) is 30.1 Å². The minimum Gasteiger partial charge on any atom is -0.381 e. The molecule has 3 heterocycles. The van der Waals surface area contributed by atoms with Gasteiger partial charge in [0.2, 0.25) is 0 Å². The van der Waals surface area contributed by atoms with E-state index in [0.717, 1.165) is 57.9 Å². The van der Waals surface area contributed by atoms with Crippen LogP contribution in [0.15, 0.2) is 39.4 Å². The van der Waals surface area contributed by atoms with Gasteiger partial charge in [-0.15, -0.1) is 11.3 Å². The van der Waals surface area contributed by atoms with E-state index in [9.17, 15) is 0 Å². The molecule has 2 aromatic heterocycles. The summed E-state index contributed by atoms with van der Waals surface area (Å²) in [7, 11) is 0. The van der Waals surface area contributed by atoms with E-state index in [0.29, 0.717) is 5.92 Å². The van der Waals surface area contributed by atoms with Crippen LogP contribution in [0.5, 0.6) is 0 Å². The first-order valence-corrected chi connectivity index (χ1v) is 11.3. The van der Waals surface area contributed by atoms with E-state index in [2.05, 4.69) is 49.6 Å². The normalized spacial score (nSPS) is 15.8. The molecule has 1 aliphatic rings. The molecule has 0 amide bonds. The molecule has 0 N–H and O–H groups in total. The van der Waals surface area contributed by atoms with Crippen LogP contribution in [0.3, 0.4) is 0 Å². The van der Waals surface area contributed by atoms with Gasteiger partial charge in [0.1, 0.15) is 16.8 Å². The molecule has 0 aliphatic carbocycles. The Morgan fingerprint density at radius 2 is 2.04 bits per heavy atom. The number of hydrogen-bond acceptors (Lipinski definition) is 5. The molecule has 28 heavy (non-hydrogen) atoms. The number of imidazole rings is 1. The summed E-state index contributed by atoms with van der Waals surface area (Å²) < 4.78 is 9.10. The van der Waals surface area contributed by atoms with Crippen LogP contribution >= 0.6 is 23.1 Å². The summed E-state index contributed by atoms with van der Waals surface area (Å²) in [5.74, 6) is 1.80. The van der Waals surface area contributed by atoms with Gasteiger partial charge in [0.25, 0.3) is 0 Å². The third-order valence-electron chi connectivity index (χ3n) is 5.08. The highest BCUT2D eigenvalue weighted by atomic mass is 32.2. The van der Waals surface area contributed by atoms with Crippen molar-refractivity contribution in [1.29, 1.82) is 5.26 Å². The predicted molar refractivity (Wildman–Crippen MR) is 115 cm³/mol. The molecule has 146 valence electrons. The second-order valence-corrected chi connectivity index (χ2v) is 10.8. The first-order valence-electron chi connectivity index (χ1n) is 9.70. The monoisotopic (exact) mass is 411 g/mol. The largest absolute Gasteiger partial charge is 0.381 e. The summed E-state index contributed by atoms with van der Waals surface area (Å²) in [5.41, 5.74) is 2.26. The highest BCUT2D eigenvalue weighted by Crippen LogP contribution is 2.36. The van der Waals surface area contributed by atoms with Crippen molar-refractivity contribution in [2.75, 3.05) is 13.2 Å².